The summed E-state index contributed by atoms with van der Waals surface area (Å²) in [6, 6.07) is 9.85. The molecule has 1 aromatic carbocycles. The average molecular weight is 388 g/mol. The smallest absolute Gasteiger partial charge is 0.257 e. The molecule has 3 rings (SSSR count). The molecule has 2 heterocycles. The maximum Gasteiger partial charge on any atom is 0.257 e. The summed E-state index contributed by atoms with van der Waals surface area (Å²) in [4.78, 5) is 18.9. The fraction of sp³-hybridized carbons (Fsp3) is 0.368. The molecule has 0 unspecified atom stereocenters. The number of hydrogen-bond acceptors (Lipinski definition) is 5. The highest BCUT2D eigenvalue weighted by Gasteiger charge is 2.29. The number of sulfonamides is 1. The third-order valence-electron chi connectivity index (χ3n) is 4.53. The quantitative estimate of drug-likeness (QED) is 0.851. The molecule has 1 saturated heterocycles. The molecule has 0 spiro atoms. The van der Waals surface area contributed by atoms with Gasteiger partial charge < -0.3 is 10.2 Å². The number of carbonyl (C=O) groups is 1. The molecule has 1 fully saturated rings. The number of nitrogens with one attached hydrogen (secondary N) is 1. The van der Waals surface area contributed by atoms with Crippen LogP contribution in [0.1, 0.15) is 29.6 Å². The molecule has 2 aromatic rings. The monoisotopic (exact) mass is 388 g/mol. The number of piperidine rings is 1. The van der Waals surface area contributed by atoms with E-state index in [1.54, 1.807) is 30.5 Å². The van der Waals surface area contributed by atoms with Crippen LogP contribution in [-0.2, 0) is 10.0 Å². The van der Waals surface area contributed by atoms with Crippen molar-refractivity contribution in [1.82, 2.24) is 9.29 Å². The molecule has 0 saturated carbocycles. The summed E-state index contributed by atoms with van der Waals surface area (Å²) in [5, 5.41) is 2.74. The summed E-state index contributed by atoms with van der Waals surface area (Å²) in [5.74, 6) is 0.298. The fourth-order valence-corrected chi connectivity index (χ4v) is 4.75. The van der Waals surface area contributed by atoms with Gasteiger partial charge in [-0.25, -0.2) is 13.4 Å². The number of carbonyl (C=O) groups excluding carboxylic acids is 1. The first-order chi connectivity index (χ1) is 12.9. The van der Waals surface area contributed by atoms with Crippen LogP contribution in [0.4, 0.5) is 11.5 Å². The van der Waals surface area contributed by atoms with Gasteiger partial charge in [0, 0.05) is 27.2 Å². The van der Waals surface area contributed by atoms with E-state index in [4.69, 9.17) is 0 Å². The zero-order valence-corrected chi connectivity index (χ0v) is 16.4. The average Bonchev–Trinajstić information content (AvgIpc) is 2.69. The molecular formula is C19H24N4O3S. The zero-order chi connectivity index (χ0) is 19.4. The number of anilines is 2. The van der Waals surface area contributed by atoms with E-state index in [9.17, 15) is 13.2 Å². The standard InChI is InChI=1S/C19H24N4O3S/c1-22(2)18-11-10-15(14-20-18)21-19(24)16-8-4-5-9-17(16)27(25,26)23-12-6-3-7-13-23/h4-5,8-11,14H,3,6-7,12-13H2,1-2H3,(H,21,24). The molecule has 0 aliphatic carbocycles. The third kappa shape index (κ3) is 4.28. The predicted octanol–water partition coefficient (Wildman–Crippen LogP) is 2.57. The van der Waals surface area contributed by atoms with Crippen LogP contribution in [-0.4, -0.2) is 50.8 Å². The number of hydrogen-bond donors (Lipinski definition) is 1. The third-order valence-corrected chi connectivity index (χ3v) is 6.49. The number of amides is 1. The van der Waals surface area contributed by atoms with Crippen molar-refractivity contribution < 1.29 is 13.2 Å². The molecule has 144 valence electrons. The second-order valence-electron chi connectivity index (χ2n) is 6.71. The lowest BCUT2D eigenvalue weighted by Crippen LogP contribution is -2.36. The van der Waals surface area contributed by atoms with E-state index in [2.05, 4.69) is 10.3 Å². The van der Waals surface area contributed by atoms with Crippen molar-refractivity contribution in [3.8, 4) is 0 Å². The highest BCUT2D eigenvalue weighted by atomic mass is 32.2. The molecule has 27 heavy (non-hydrogen) atoms. The molecule has 1 aliphatic rings. The summed E-state index contributed by atoms with van der Waals surface area (Å²) in [6.07, 6.45) is 4.27. The SMILES string of the molecule is CN(C)c1ccc(NC(=O)c2ccccc2S(=O)(=O)N2CCCCC2)cn1. The van der Waals surface area contributed by atoms with Crippen LogP contribution in [0.25, 0.3) is 0 Å². The molecule has 0 atom stereocenters. The summed E-state index contributed by atoms with van der Waals surface area (Å²) >= 11 is 0. The van der Waals surface area contributed by atoms with Crippen molar-refractivity contribution in [2.45, 2.75) is 24.2 Å². The van der Waals surface area contributed by atoms with Crippen molar-refractivity contribution in [1.29, 1.82) is 0 Å². The van der Waals surface area contributed by atoms with Gasteiger partial charge >= 0.3 is 0 Å². The van der Waals surface area contributed by atoms with E-state index in [-0.39, 0.29) is 10.5 Å². The highest BCUT2D eigenvalue weighted by Crippen LogP contribution is 2.24. The number of benzene rings is 1. The van der Waals surface area contributed by atoms with Crippen molar-refractivity contribution in [3.05, 3.63) is 48.2 Å². The van der Waals surface area contributed by atoms with E-state index < -0.39 is 15.9 Å². The second-order valence-corrected chi connectivity index (χ2v) is 8.62. The van der Waals surface area contributed by atoms with E-state index in [1.807, 2.05) is 19.0 Å². The normalized spacial score (nSPS) is 15.3. The molecule has 1 N–H and O–H groups in total. The Hall–Kier alpha value is -2.45. The van der Waals surface area contributed by atoms with Gasteiger partial charge in [-0.05, 0) is 37.1 Å². The lowest BCUT2D eigenvalue weighted by Gasteiger charge is -2.26. The molecule has 7 nitrogen and oxygen atoms in total. The Bertz CT molecular complexity index is 905. The van der Waals surface area contributed by atoms with E-state index in [0.717, 1.165) is 25.1 Å². The minimum Gasteiger partial charge on any atom is -0.363 e. The summed E-state index contributed by atoms with van der Waals surface area (Å²) < 4.78 is 27.5. The van der Waals surface area contributed by atoms with E-state index in [0.29, 0.717) is 18.8 Å². The Kier molecular flexibility index (Phi) is 5.76. The molecule has 8 heteroatoms. The number of pyridine rings is 1. The van der Waals surface area contributed by atoms with Crippen LogP contribution in [0.15, 0.2) is 47.5 Å². The maximum absolute atomic E-state index is 13.0. The van der Waals surface area contributed by atoms with Crippen molar-refractivity contribution in [2.75, 3.05) is 37.4 Å². The molecule has 1 aromatic heterocycles. The van der Waals surface area contributed by atoms with Gasteiger partial charge in [0.05, 0.1) is 22.3 Å². The van der Waals surface area contributed by atoms with Gasteiger partial charge in [-0.2, -0.15) is 4.31 Å². The van der Waals surface area contributed by atoms with Gasteiger partial charge in [0.1, 0.15) is 5.82 Å². The van der Waals surface area contributed by atoms with Crippen LogP contribution in [0.2, 0.25) is 0 Å². The Balaban J connectivity index is 1.85. The first-order valence-corrected chi connectivity index (χ1v) is 10.4. The number of rotatable bonds is 5. The highest BCUT2D eigenvalue weighted by molar-refractivity contribution is 7.89. The number of aromatic nitrogens is 1. The molecule has 0 radical (unpaired) electrons. The first-order valence-electron chi connectivity index (χ1n) is 8.93. The Morgan fingerprint density at radius 2 is 1.78 bits per heavy atom. The minimum atomic E-state index is -3.70. The number of nitrogens with zero attached hydrogens (tertiary/aromatic N) is 3. The van der Waals surface area contributed by atoms with Gasteiger partial charge in [-0.15, -0.1) is 0 Å². The van der Waals surface area contributed by atoms with Crippen LogP contribution in [0.5, 0.6) is 0 Å². The van der Waals surface area contributed by atoms with Gasteiger partial charge in [0.2, 0.25) is 10.0 Å². The van der Waals surface area contributed by atoms with Gasteiger partial charge in [-0.3, -0.25) is 4.79 Å². The minimum absolute atomic E-state index is 0.0438. The first kappa shape index (κ1) is 19.3. The zero-order valence-electron chi connectivity index (χ0n) is 15.6. The van der Waals surface area contributed by atoms with Gasteiger partial charge in [0.25, 0.3) is 5.91 Å². The Morgan fingerprint density at radius 3 is 2.41 bits per heavy atom. The molecule has 1 amide bonds. The van der Waals surface area contributed by atoms with Crippen molar-refractivity contribution in [3.63, 3.8) is 0 Å². The van der Waals surface area contributed by atoms with E-state index >= 15 is 0 Å². The van der Waals surface area contributed by atoms with Gasteiger partial charge in [0.15, 0.2) is 0 Å². The molecule has 0 bridgehead atoms. The predicted molar refractivity (Wildman–Crippen MR) is 106 cm³/mol. The van der Waals surface area contributed by atoms with Gasteiger partial charge in [-0.1, -0.05) is 18.6 Å². The van der Waals surface area contributed by atoms with Crippen molar-refractivity contribution >= 4 is 27.4 Å². The lowest BCUT2D eigenvalue weighted by atomic mass is 10.2. The summed E-state index contributed by atoms with van der Waals surface area (Å²) in [5.41, 5.74) is 0.649. The molecule has 1 aliphatic heterocycles. The van der Waals surface area contributed by atoms with E-state index in [1.165, 1.54) is 16.4 Å². The summed E-state index contributed by atoms with van der Waals surface area (Å²) in [6.45, 7) is 0.989. The van der Waals surface area contributed by atoms with Crippen LogP contribution < -0.4 is 10.2 Å². The molecular weight excluding hydrogens is 364 g/mol. The maximum atomic E-state index is 13.0. The topological polar surface area (TPSA) is 82.6 Å². The van der Waals surface area contributed by atoms with Crippen LogP contribution >= 0.6 is 0 Å². The second kappa shape index (κ2) is 8.06. The largest absolute Gasteiger partial charge is 0.363 e. The fourth-order valence-electron chi connectivity index (χ4n) is 3.05. The Labute approximate surface area is 160 Å². The summed E-state index contributed by atoms with van der Waals surface area (Å²) in [7, 11) is 0.0568. The van der Waals surface area contributed by atoms with Crippen molar-refractivity contribution in [2.24, 2.45) is 0 Å². The lowest BCUT2D eigenvalue weighted by molar-refractivity contribution is 0.102. The Morgan fingerprint density at radius 1 is 1.07 bits per heavy atom. The van der Waals surface area contributed by atoms with Crippen LogP contribution in [0.3, 0.4) is 0 Å². The van der Waals surface area contributed by atoms with Crippen LogP contribution in [0, 0.1) is 0 Å².